The van der Waals surface area contributed by atoms with E-state index in [1.54, 1.807) is 0 Å². The zero-order valence-electron chi connectivity index (χ0n) is 17.5. The topological polar surface area (TPSA) is 86.7 Å². The molecule has 9 heteroatoms. The highest BCUT2D eigenvalue weighted by Gasteiger charge is 2.53. The molecule has 2 aliphatic carbocycles. The second-order valence-corrected chi connectivity index (χ2v) is 7.91. The molecule has 0 amide bonds. The molecule has 0 unspecified atom stereocenters. The second-order valence-electron chi connectivity index (χ2n) is 7.91. The molecule has 0 saturated heterocycles. The lowest BCUT2D eigenvalue weighted by molar-refractivity contribution is -0.168. The molecule has 4 rings (SSSR count). The lowest BCUT2D eigenvalue weighted by Crippen LogP contribution is -2.42. The van der Waals surface area contributed by atoms with Crippen LogP contribution in [0.15, 0.2) is 42.5 Å². The third-order valence-corrected chi connectivity index (χ3v) is 6.03. The van der Waals surface area contributed by atoms with E-state index in [2.05, 4.69) is 0 Å². The predicted octanol–water partition coefficient (Wildman–Crippen LogP) is 3.60. The van der Waals surface area contributed by atoms with Gasteiger partial charge in [0.15, 0.2) is 17.0 Å². The number of hydrogen-bond acceptors (Lipinski definition) is 6. The minimum atomic E-state index is -4.53. The normalized spacial score (nSPS) is 16.6. The highest BCUT2D eigenvalue weighted by Crippen LogP contribution is 2.42. The van der Waals surface area contributed by atoms with Crippen molar-refractivity contribution in [2.24, 2.45) is 5.41 Å². The summed E-state index contributed by atoms with van der Waals surface area (Å²) in [5.74, 6) is -2.62. The summed E-state index contributed by atoms with van der Waals surface area (Å²) in [7, 11) is 2.29. The number of benzene rings is 2. The van der Waals surface area contributed by atoms with Crippen LogP contribution in [0, 0.1) is 5.41 Å². The van der Waals surface area contributed by atoms with Crippen molar-refractivity contribution in [2.45, 2.75) is 19.0 Å². The van der Waals surface area contributed by atoms with E-state index in [0.717, 1.165) is 44.6 Å². The van der Waals surface area contributed by atoms with Gasteiger partial charge in [0.1, 0.15) is 0 Å². The molecule has 0 heterocycles. The average molecular weight is 458 g/mol. The highest BCUT2D eigenvalue weighted by atomic mass is 19.4. The number of methoxy groups -OCH3 is 2. The number of allylic oxidation sites excluding steroid dienone is 2. The van der Waals surface area contributed by atoms with E-state index < -0.39 is 40.7 Å². The van der Waals surface area contributed by atoms with Gasteiger partial charge in [-0.05, 0) is 59.9 Å². The minimum Gasteiger partial charge on any atom is -0.468 e. The van der Waals surface area contributed by atoms with E-state index in [-0.39, 0.29) is 35.1 Å². The minimum absolute atomic E-state index is 0.0358. The van der Waals surface area contributed by atoms with Crippen molar-refractivity contribution in [1.82, 2.24) is 0 Å². The summed E-state index contributed by atoms with van der Waals surface area (Å²) >= 11 is 0. The fourth-order valence-electron chi connectivity index (χ4n) is 4.36. The Morgan fingerprint density at radius 1 is 0.879 bits per heavy atom. The number of rotatable bonds is 3. The van der Waals surface area contributed by atoms with Crippen molar-refractivity contribution in [3.63, 3.8) is 0 Å². The molecule has 0 atom stereocenters. The zero-order chi connectivity index (χ0) is 24.1. The fourth-order valence-corrected chi connectivity index (χ4v) is 4.36. The van der Waals surface area contributed by atoms with E-state index in [1.165, 1.54) is 12.1 Å². The van der Waals surface area contributed by atoms with Crippen molar-refractivity contribution in [1.29, 1.82) is 0 Å². The molecule has 0 N–H and O–H groups in total. The Bertz CT molecular complexity index is 1220. The van der Waals surface area contributed by atoms with Gasteiger partial charge in [0.05, 0.1) is 19.8 Å². The Morgan fingerprint density at radius 3 is 1.88 bits per heavy atom. The predicted molar refractivity (Wildman–Crippen MR) is 108 cm³/mol. The number of alkyl halides is 3. The van der Waals surface area contributed by atoms with Gasteiger partial charge >= 0.3 is 18.1 Å². The maximum Gasteiger partial charge on any atom is 0.416 e. The molecular weight excluding hydrogens is 441 g/mol. The van der Waals surface area contributed by atoms with Crippen molar-refractivity contribution < 1.29 is 41.8 Å². The monoisotopic (exact) mass is 458 g/mol. The molecule has 0 aliphatic heterocycles. The maximum absolute atomic E-state index is 13.2. The fraction of sp³-hybridized carbons (Fsp3) is 0.250. The number of halogens is 3. The number of carbonyl (C=O) groups is 4. The lowest BCUT2D eigenvalue weighted by Gasteiger charge is -2.22. The molecular formula is C24H17F3O6. The largest absolute Gasteiger partial charge is 0.468 e. The first kappa shape index (κ1) is 22.4. The van der Waals surface area contributed by atoms with Crippen LogP contribution in [0.3, 0.4) is 0 Å². The first-order chi connectivity index (χ1) is 15.5. The van der Waals surface area contributed by atoms with Gasteiger partial charge in [-0.3, -0.25) is 19.2 Å². The molecule has 0 bridgehead atoms. The van der Waals surface area contributed by atoms with Gasteiger partial charge in [-0.25, -0.2) is 0 Å². The molecule has 6 nitrogen and oxygen atoms in total. The van der Waals surface area contributed by atoms with Crippen LogP contribution >= 0.6 is 0 Å². The smallest absolute Gasteiger partial charge is 0.416 e. The molecule has 2 aromatic rings. The zero-order valence-corrected chi connectivity index (χ0v) is 17.5. The summed E-state index contributed by atoms with van der Waals surface area (Å²) < 4.78 is 48.2. The Kier molecular flexibility index (Phi) is 5.23. The van der Waals surface area contributed by atoms with E-state index in [1.807, 2.05) is 0 Å². The van der Waals surface area contributed by atoms with Crippen molar-refractivity contribution in [2.75, 3.05) is 14.2 Å². The second kappa shape index (κ2) is 7.68. The summed E-state index contributed by atoms with van der Waals surface area (Å²) in [6.45, 7) is 0. The Hall–Kier alpha value is -3.75. The molecule has 33 heavy (non-hydrogen) atoms. The quantitative estimate of drug-likeness (QED) is 0.516. The molecule has 0 aromatic heterocycles. The lowest BCUT2D eigenvalue weighted by atomic mass is 9.84. The third kappa shape index (κ3) is 3.53. The number of ketones is 2. The van der Waals surface area contributed by atoms with Crippen LogP contribution in [-0.4, -0.2) is 37.7 Å². The molecule has 0 saturated carbocycles. The number of Topliss-reactive ketones (excluding diaryl/α,β-unsaturated/α-hetero) is 1. The first-order valence-corrected chi connectivity index (χ1v) is 9.83. The van der Waals surface area contributed by atoms with Crippen LogP contribution in [0.1, 0.15) is 43.0 Å². The van der Waals surface area contributed by atoms with Crippen LogP contribution < -0.4 is 0 Å². The van der Waals surface area contributed by atoms with Gasteiger partial charge in [-0.15, -0.1) is 0 Å². The van der Waals surface area contributed by atoms with E-state index in [9.17, 15) is 32.3 Å². The van der Waals surface area contributed by atoms with Crippen molar-refractivity contribution in [3.8, 4) is 0 Å². The van der Waals surface area contributed by atoms with Crippen molar-refractivity contribution >= 4 is 29.1 Å². The van der Waals surface area contributed by atoms with Crippen LogP contribution in [0.5, 0.6) is 0 Å². The molecule has 0 radical (unpaired) electrons. The first-order valence-electron chi connectivity index (χ1n) is 9.83. The summed E-state index contributed by atoms with van der Waals surface area (Å²) in [6.07, 6.45) is -3.57. The highest BCUT2D eigenvalue weighted by molar-refractivity contribution is 6.38. The van der Waals surface area contributed by atoms with Gasteiger partial charge < -0.3 is 9.47 Å². The standard InChI is InChI=1S/C24H17F3O6/c1-32-21(30)23(22(31)33-2)10-13-7-17-18(8-14(13)11-23)20(29)16(9-19(17)28)12-3-5-15(6-4-12)24(25,26)27/h3-9H,10-11H2,1-2H3. The maximum atomic E-state index is 13.2. The Morgan fingerprint density at radius 2 is 1.39 bits per heavy atom. The average Bonchev–Trinajstić information content (AvgIpc) is 3.18. The summed E-state index contributed by atoms with van der Waals surface area (Å²) in [6, 6.07) is 6.88. The van der Waals surface area contributed by atoms with Crippen LogP contribution in [0.4, 0.5) is 13.2 Å². The van der Waals surface area contributed by atoms with Gasteiger partial charge in [-0.1, -0.05) is 12.1 Å². The summed E-state index contributed by atoms with van der Waals surface area (Å²) in [5, 5.41) is 0. The summed E-state index contributed by atoms with van der Waals surface area (Å²) in [5.41, 5.74) is -1.15. The van der Waals surface area contributed by atoms with Crippen molar-refractivity contribution in [3.05, 3.63) is 75.9 Å². The Balaban J connectivity index is 1.73. The third-order valence-electron chi connectivity index (χ3n) is 6.03. The van der Waals surface area contributed by atoms with Gasteiger partial charge in [0.2, 0.25) is 0 Å². The van der Waals surface area contributed by atoms with Crippen LogP contribution in [0.2, 0.25) is 0 Å². The van der Waals surface area contributed by atoms with E-state index in [0.29, 0.717) is 11.1 Å². The number of fused-ring (bicyclic) bond motifs is 2. The van der Waals surface area contributed by atoms with Gasteiger partial charge in [0, 0.05) is 16.7 Å². The Labute approximate surface area is 186 Å². The van der Waals surface area contributed by atoms with E-state index in [4.69, 9.17) is 9.47 Å². The van der Waals surface area contributed by atoms with Gasteiger partial charge in [0.25, 0.3) is 0 Å². The SMILES string of the molecule is COC(=O)C1(C(=O)OC)Cc2cc3c(cc2C1)C(=O)C(c1ccc(C(F)(F)F)cc1)=CC3=O. The number of ether oxygens (including phenoxy) is 2. The molecule has 0 fully saturated rings. The van der Waals surface area contributed by atoms with Crippen LogP contribution in [-0.2, 0) is 38.1 Å². The number of carbonyl (C=O) groups excluding carboxylic acids is 4. The summed E-state index contributed by atoms with van der Waals surface area (Å²) in [4.78, 5) is 50.8. The van der Waals surface area contributed by atoms with Gasteiger partial charge in [-0.2, -0.15) is 13.2 Å². The molecule has 2 aliphatic rings. The number of hydrogen-bond donors (Lipinski definition) is 0. The molecule has 0 spiro atoms. The van der Waals surface area contributed by atoms with Crippen LogP contribution in [0.25, 0.3) is 5.57 Å². The number of esters is 2. The molecule has 170 valence electrons. The molecule has 2 aromatic carbocycles. The van der Waals surface area contributed by atoms with E-state index >= 15 is 0 Å².